The second-order valence-corrected chi connectivity index (χ2v) is 9.78. The van der Waals surface area contributed by atoms with Crippen molar-refractivity contribution in [2.45, 2.75) is 20.3 Å². The molecule has 0 atom stereocenters. The van der Waals surface area contributed by atoms with E-state index in [0.29, 0.717) is 34.2 Å². The number of methoxy groups -OCH3 is 2. The highest BCUT2D eigenvalue weighted by atomic mass is 19.1. The maximum Gasteiger partial charge on any atom is 0.257 e. The highest BCUT2D eigenvalue weighted by Gasteiger charge is 2.24. The molecule has 0 radical (unpaired) electrons. The van der Waals surface area contributed by atoms with Gasteiger partial charge in [-0.15, -0.1) is 0 Å². The summed E-state index contributed by atoms with van der Waals surface area (Å²) >= 11 is 0. The third-order valence-corrected chi connectivity index (χ3v) is 7.26. The maximum atomic E-state index is 15.2. The van der Waals surface area contributed by atoms with E-state index in [0.717, 1.165) is 12.1 Å². The first kappa shape index (κ1) is 29.3. The van der Waals surface area contributed by atoms with Gasteiger partial charge in [-0.25, -0.2) is 18.2 Å². The van der Waals surface area contributed by atoms with Gasteiger partial charge in [0.2, 0.25) is 5.43 Å². The van der Waals surface area contributed by atoms with Crippen LogP contribution in [-0.4, -0.2) is 34.5 Å². The van der Waals surface area contributed by atoms with E-state index in [9.17, 15) is 18.4 Å². The Balaban J connectivity index is 1.46. The van der Waals surface area contributed by atoms with E-state index in [4.69, 9.17) is 14.2 Å². The molecule has 0 aliphatic carbocycles. The van der Waals surface area contributed by atoms with Gasteiger partial charge in [0.25, 0.3) is 5.88 Å². The molecule has 43 heavy (non-hydrogen) atoms. The van der Waals surface area contributed by atoms with Gasteiger partial charge in [-0.05, 0) is 43.7 Å². The van der Waals surface area contributed by atoms with Crippen LogP contribution in [0.5, 0.6) is 23.1 Å². The molecule has 3 aromatic heterocycles. The lowest BCUT2D eigenvalue weighted by Crippen LogP contribution is -2.26. The number of ketones is 1. The fourth-order valence-corrected chi connectivity index (χ4v) is 4.89. The van der Waals surface area contributed by atoms with Gasteiger partial charge < -0.3 is 18.8 Å². The quantitative estimate of drug-likeness (QED) is 0.197. The lowest BCUT2D eigenvalue weighted by atomic mass is 9.95. The Morgan fingerprint density at radius 3 is 2.33 bits per heavy atom. The van der Waals surface area contributed by atoms with Gasteiger partial charge in [-0.3, -0.25) is 14.6 Å². The zero-order chi connectivity index (χ0) is 31.0. The summed E-state index contributed by atoms with van der Waals surface area (Å²) in [5, 5.41) is 0. The summed E-state index contributed by atoms with van der Waals surface area (Å²) < 4.78 is 61.4. The molecule has 0 amide bonds. The molecule has 2 aromatic carbocycles. The molecule has 0 unspecified atom stereocenters. The van der Waals surface area contributed by atoms with Gasteiger partial charge in [0.15, 0.2) is 28.8 Å². The number of halogens is 3. The summed E-state index contributed by atoms with van der Waals surface area (Å²) in [4.78, 5) is 35.6. The van der Waals surface area contributed by atoms with Crippen LogP contribution in [0.15, 0.2) is 59.5 Å². The fraction of sp³-hybridized carbons (Fsp3) is 0.188. The summed E-state index contributed by atoms with van der Waals surface area (Å²) in [6, 6.07) is 10.0. The summed E-state index contributed by atoms with van der Waals surface area (Å²) in [5.74, 6) is -2.39. The molecule has 5 rings (SSSR count). The standard InChI is InChI=1S/C32H26F3N3O5/c1-16-28(20-8-7-19(33)14-21(20)34)31(40)29(17(2)38(16)3)24(39)13-18-6-9-25(22(35)12-18)43-26-10-11-36-23-15-27(41-4)32(42-5)37-30(23)26/h6-12,14-15H,13H2,1-5H3. The Bertz CT molecular complexity index is 1970. The number of aromatic nitrogens is 3. The van der Waals surface area contributed by atoms with Crippen LogP contribution in [0.4, 0.5) is 13.2 Å². The topological polar surface area (TPSA) is 92.5 Å². The molecule has 0 bridgehead atoms. The van der Waals surface area contributed by atoms with Crippen molar-refractivity contribution >= 4 is 16.8 Å². The molecule has 0 aliphatic heterocycles. The number of rotatable bonds is 8. The number of nitrogens with zero attached hydrogens (tertiary/aromatic N) is 3. The maximum absolute atomic E-state index is 15.2. The number of hydrogen-bond donors (Lipinski definition) is 0. The third kappa shape index (κ3) is 5.41. The van der Waals surface area contributed by atoms with Crippen LogP contribution in [0, 0.1) is 31.3 Å². The second-order valence-electron chi connectivity index (χ2n) is 9.78. The zero-order valence-corrected chi connectivity index (χ0v) is 23.9. The predicted octanol–water partition coefficient (Wildman–Crippen LogP) is 6.26. The Morgan fingerprint density at radius 1 is 0.884 bits per heavy atom. The van der Waals surface area contributed by atoms with E-state index in [1.165, 1.54) is 44.7 Å². The van der Waals surface area contributed by atoms with Crippen molar-refractivity contribution in [3.63, 3.8) is 0 Å². The minimum atomic E-state index is -0.921. The van der Waals surface area contributed by atoms with Crippen LogP contribution in [0.2, 0.25) is 0 Å². The number of carbonyl (C=O) groups is 1. The van der Waals surface area contributed by atoms with E-state index < -0.39 is 28.7 Å². The zero-order valence-electron chi connectivity index (χ0n) is 23.9. The van der Waals surface area contributed by atoms with Crippen LogP contribution >= 0.6 is 0 Å². The molecule has 0 fully saturated rings. The molecule has 5 aromatic rings. The number of carbonyl (C=O) groups excluding carboxylic acids is 1. The first-order valence-electron chi connectivity index (χ1n) is 13.1. The number of Topliss-reactive ketones (excluding diaryl/α,β-unsaturated/α-hetero) is 1. The fourth-order valence-electron chi connectivity index (χ4n) is 4.89. The van der Waals surface area contributed by atoms with Crippen molar-refractivity contribution in [3.8, 4) is 34.3 Å². The monoisotopic (exact) mass is 589 g/mol. The highest BCUT2D eigenvalue weighted by molar-refractivity contribution is 5.99. The average Bonchev–Trinajstić information content (AvgIpc) is 2.98. The van der Waals surface area contributed by atoms with Crippen LogP contribution in [0.3, 0.4) is 0 Å². The average molecular weight is 590 g/mol. The SMILES string of the molecule is COc1cc2nccc(Oc3ccc(CC(=O)c4c(C)n(C)c(C)c(-c5ccc(F)cc5F)c4=O)cc3F)c2nc1OC. The Morgan fingerprint density at radius 2 is 1.65 bits per heavy atom. The molecule has 3 heterocycles. The van der Waals surface area contributed by atoms with Gasteiger partial charge in [-0.2, -0.15) is 0 Å². The van der Waals surface area contributed by atoms with E-state index in [-0.39, 0.29) is 46.1 Å². The van der Waals surface area contributed by atoms with Crippen molar-refractivity contribution in [2.75, 3.05) is 14.2 Å². The van der Waals surface area contributed by atoms with Crippen molar-refractivity contribution in [1.29, 1.82) is 0 Å². The number of benzene rings is 2. The van der Waals surface area contributed by atoms with E-state index in [2.05, 4.69) is 9.97 Å². The van der Waals surface area contributed by atoms with Crippen molar-refractivity contribution in [1.82, 2.24) is 14.5 Å². The number of hydrogen-bond acceptors (Lipinski definition) is 7. The van der Waals surface area contributed by atoms with Crippen LogP contribution in [-0.2, 0) is 13.5 Å². The van der Waals surface area contributed by atoms with Crippen molar-refractivity contribution in [2.24, 2.45) is 7.05 Å². The molecule has 0 saturated carbocycles. The Hall–Kier alpha value is -5.19. The molecule has 0 N–H and O–H groups in total. The predicted molar refractivity (Wildman–Crippen MR) is 154 cm³/mol. The molecule has 0 aliphatic rings. The van der Waals surface area contributed by atoms with Gasteiger partial charge >= 0.3 is 0 Å². The summed E-state index contributed by atoms with van der Waals surface area (Å²) in [7, 11) is 4.54. The molecular formula is C32H26F3N3O5. The largest absolute Gasteiger partial charge is 0.491 e. The Labute approximate surface area is 244 Å². The molecular weight excluding hydrogens is 563 g/mol. The minimum Gasteiger partial charge on any atom is -0.491 e. The van der Waals surface area contributed by atoms with E-state index in [1.54, 1.807) is 31.5 Å². The van der Waals surface area contributed by atoms with Gasteiger partial charge in [0.05, 0.1) is 30.9 Å². The van der Waals surface area contributed by atoms with Gasteiger partial charge in [0.1, 0.15) is 17.2 Å². The number of ether oxygens (including phenoxy) is 3. The lowest BCUT2D eigenvalue weighted by Gasteiger charge is -2.18. The minimum absolute atomic E-state index is 0.0451. The molecule has 220 valence electrons. The van der Waals surface area contributed by atoms with Crippen molar-refractivity contribution < 1.29 is 32.2 Å². The van der Waals surface area contributed by atoms with Crippen LogP contribution in [0.1, 0.15) is 27.3 Å². The molecule has 0 spiro atoms. The second kappa shape index (κ2) is 11.6. The summed E-state index contributed by atoms with van der Waals surface area (Å²) in [5.41, 5.74) is 0.807. The van der Waals surface area contributed by atoms with Gasteiger partial charge in [0, 0.05) is 54.8 Å². The molecule has 0 saturated heterocycles. The summed E-state index contributed by atoms with van der Waals surface area (Å²) in [6.07, 6.45) is 1.17. The number of fused-ring (bicyclic) bond motifs is 1. The first-order chi connectivity index (χ1) is 20.5. The first-order valence-corrected chi connectivity index (χ1v) is 13.1. The van der Waals surface area contributed by atoms with E-state index in [1.807, 2.05) is 0 Å². The van der Waals surface area contributed by atoms with Gasteiger partial charge in [-0.1, -0.05) is 6.07 Å². The summed E-state index contributed by atoms with van der Waals surface area (Å²) in [6.45, 7) is 3.21. The molecule has 8 nitrogen and oxygen atoms in total. The van der Waals surface area contributed by atoms with Crippen LogP contribution in [0.25, 0.3) is 22.2 Å². The number of pyridine rings is 3. The lowest BCUT2D eigenvalue weighted by molar-refractivity contribution is 0.0990. The Kier molecular flexibility index (Phi) is 7.90. The smallest absolute Gasteiger partial charge is 0.257 e. The third-order valence-electron chi connectivity index (χ3n) is 7.26. The molecule has 11 heteroatoms. The van der Waals surface area contributed by atoms with Crippen LogP contribution < -0.4 is 19.6 Å². The highest BCUT2D eigenvalue weighted by Crippen LogP contribution is 2.35. The van der Waals surface area contributed by atoms with Crippen molar-refractivity contribution in [3.05, 3.63) is 105 Å². The normalized spacial score (nSPS) is 11.1. The van der Waals surface area contributed by atoms with E-state index >= 15 is 4.39 Å².